The van der Waals surface area contributed by atoms with Crippen LogP contribution < -0.4 is 0 Å². The fourth-order valence-corrected chi connectivity index (χ4v) is 3.03. The average Bonchev–Trinajstić information content (AvgIpc) is 2.47. The quantitative estimate of drug-likeness (QED) is 0.942. The van der Waals surface area contributed by atoms with Crippen molar-refractivity contribution in [3.8, 4) is 22.9 Å². The van der Waals surface area contributed by atoms with Gasteiger partial charge >= 0.3 is 0 Å². The molecule has 0 radical (unpaired) electrons. The number of sulfonamides is 1. The number of rotatable bonds is 3. The monoisotopic (exact) mass is 302 g/mol. The zero-order valence-electron chi connectivity index (χ0n) is 11.6. The van der Waals surface area contributed by atoms with Gasteiger partial charge in [0, 0.05) is 19.7 Å². The Balaban J connectivity index is 2.70. The topological polar surface area (TPSA) is 81.4 Å². The number of hydrogen-bond acceptors (Lipinski definition) is 4. The van der Waals surface area contributed by atoms with Gasteiger partial charge in [-0.15, -0.1) is 0 Å². The number of hydrogen-bond donors (Lipinski definition) is 1. The third-order valence-electron chi connectivity index (χ3n) is 3.07. The normalized spacial score (nSPS) is 11.3. The first-order chi connectivity index (χ1) is 9.87. The van der Waals surface area contributed by atoms with E-state index in [1.54, 1.807) is 24.3 Å². The summed E-state index contributed by atoms with van der Waals surface area (Å²) in [7, 11) is -0.674. The van der Waals surface area contributed by atoms with Crippen LogP contribution in [-0.2, 0) is 10.0 Å². The maximum absolute atomic E-state index is 12.4. The fourth-order valence-electron chi connectivity index (χ4n) is 1.92. The molecule has 108 valence electrons. The Kier molecular flexibility index (Phi) is 3.98. The number of nitriles is 1. The van der Waals surface area contributed by atoms with Gasteiger partial charge in [0.2, 0.25) is 10.0 Å². The highest BCUT2D eigenvalue weighted by molar-refractivity contribution is 7.89. The number of phenols is 1. The van der Waals surface area contributed by atoms with Crippen molar-refractivity contribution in [1.82, 2.24) is 4.31 Å². The smallest absolute Gasteiger partial charge is 0.243 e. The van der Waals surface area contributed by atoms with Crippen molar-refractivity contribution in [3.63, 3.8) is 0 Å². The molecule has 2 aromatic rings. The number of nitrogens with zero attached hydrogens (tertiary/aromatic N) is 2. The van der Waals surface area contributed by atoms with Gasteiger partial charge < -0.3 is 5.11 Å². The van der Waals surface area contributed by atoms with Crippen LogP contribution in [0.3, 0.4) is 0 Å². The van der Waals surface area contributed by atoms with Crippen molar-refractivity contribution in [3.05, 3.63) is 48.0 Å². The minimum absolute atomic E-state index is 0.101. The molecule has 0 spiro atoms. The van der Waals surface area contributed by atoms with Crippen LogP contribution in [0.1, 0.15) is 5.56 Å². The molecule has 21 heavy (non-hydrogen) atoms. The summed E-state index contributed by atoms with van der Waals surface area (Å²) in [5, 5.41) is 18.5. The fraction of sp³-hybridized carbons (Fsp3) is 0.133. The van der Waals surface area contributed by atoms with E-state index < -0.39 is 10.0 Å². The number of benzene rings is 2. The van der Waals surface area contributed by atoms with Gasteiger partial charge in [0.25, 0.3) is 0 Å². The highest BCUT2D eigenvalue weighted by Gasteiger charge is 2.21. The first kappa shape index (κ1) is 15.0. The molecule has 0 amide bonds. The van der Waals surface area contributed by atoms with Crippen LogP contribution in [0.25, 0.3) is 11.1 Å². The van der Waals surface area contributed by atoms with Crippen LogP contribution in [0.5, 0.6) is 5.75 Å². The van der Waals surface area contributed by atoms with Gasteiger partial charge in [-0.2, -0.15) is 5.26 Å². The maximum Gasteiger partial charge on any atom is 0.243 e. The molecule has 5 nitrogen and oxygen atoms in total. The predicted octanol–water partition coefficient (Wildman–Crippen LogP) is 2.18. The van der Waals surface area contributed by atoms with Gasteiger partial charge in [0.15, 0.2) is 0 Å². The molecule has 2 rings (SSSR count). The van der Waals surface area contributed by atoms with E-state index in [-0.39, 0.29) is 16.2 Å². The van der Waals surface area contributed by atoms with Crippen molar-refractivity contribution in [2.45, 2.75) is 4.90 Å². The molecule has 0 fully saturated rings. The standard InChI is InChI=1S/C15H14N2O3S/c1-17(2)21(19,20)15-6-4-3-5-13(15)11-7-8-14(18)12(9-11)10-16/h3-9,18H,1-2H3. The van der Waals surface area contributed by atoms with Crippen molar-refractivity contribution < 1.29 is 13.5 Å². The second kappa shape index (κ2) is 5.56. The molecule has 1 N–H and O–H groups in total. The van der Waals surface area contributed by atoms with Crippen molar-refractivity contribution in [2.24, 2.45) is 0 Å². The first-order valence-corrected chi connectivity index (χ1v) is 7.57. The second-order valence-electron chi connectivity index (χ2n) is 4.63. The summed E-state index contributed by atoms with van der Waals surface area (Å²) in [6.07, 6.45) is 0. The molecule has 2 aromatic carbocycles. The zero-order valence-corrected chi connectivity index (χ0v) is 12.4. The highest BCUT2D eigenvalue weighted by atomic mass is 32.2. The Bertz CT molecular complexity index is 821. The van der Waals surface area contributed by atoms with Gasteiger partial charge in [-0.3, -0.25) is 0 Å². The zero-order chi connectivity index (χ0) is 15.6. The Morgan fingerprint density at radius 1 is 1.14 bits per heavy atom. The molecular formula is C15H14N2O3S. The highest BCUT2D eigenvalue weighted by Crippen LogP contribution is 2.31. The lowest BCUT2D eigenvalue weighted by Crippen LogP contribution is -2.22. The number of aromatic hydroxyl groups is 1. The Morgan fingerprint density at radius 3 is 2.43 bits per heavy atom. The van der Waals surface area contributed by atoms with E-state index >= 15 is 0 Å². The lowest BCUT2D eigenvalue weighted by molar-refractivity contribution is 0.473. The summed E-state index contributed by atoms with van der Waals surface area (Å²) < 4.78 is 25.9. The van der Waals surface area contributed by atoms with Gasteiger partial charge in [0.1, 0.15) is 11.8 Å². The van der Waals surface area contributed by atoms with Crippen LogP contribution in [0, 0.1) is 11.3 Å². The second-order valence-corrected chi connectivity index (χ2v) is 6.75. The maximum atomic E-state index is 12.4. The van der Waals surface area contributed by atoms with Crippen LogP contribution in [0.2, 0.25) is 0 Å². The average molecular weight is 302 g/mol. The molecule has 0 unspecified atom stereocenters. The summed E-state index contributed by atoms with van der Waals surface area (Å²) >= 11 is 0. The van der Waals surface area contributed by atoms with Crippen LogP contribution >= 0.6 is 0 Å². The first-order valence-electron chi connectivity index (χ1n) is 6.13. The van der Waals surface area contributed by atoms with Crippen LogP contribution in [0.15, 0.2) is 47.4 Å². The molecule has 6 heteroatoms. The third-order valence-corrected chi connectivity index (χ3v) is 4.95. The number of phenolic OH excluding ortho intramolecular Hbond substituents is 1. The summed E-state index contributed by atoms with van der Waals surface area (Å²) in [6, 6.07) is 12.9. The van der Waals surface area contributed by atoms with Gasteiger partial charge in [-0.05, 0) is 23.8 Å². The molecule has 0 aliphatic carbocycles. The third kappa shape index (κ3) is 2.75. The molecule has 0 aliphatic heterocycles. The van der Waals surface area contributed by atoms with E-state index in [0.29, 0.717) is 11.1 Å². The Hall–Kier alpha value is -2.36. The molecule has 0 saturated carbocycles. The molecule has 0 aliphatic rings. The summed E-state index contributed by atoms with van der Waals surface area (Å²) in [6.45, 7) is 0. The predicted molar refractivity (Wildman–Crippen MR) is 79.1 cm³/mol. The largest absolute Gasteiger partial charge is 0.507 e. The summed E-state index contributed by atoms with van der Waals surface area (Å²) in [4.78, 5) is 0.157. The molecule has 0 aromatic heterocycles. The molecular weight excluding hydrogens is 288 g/mol. The molecule has 0 heterocycles. The lowest BCUT2D eigenvalue weighted by atomic mass is 10.0. The van der Waals surface area contributed by atoms with Crippen LogP contribution in [-0.4, -0.2) is 31.9 Å². The van der Waals surface area contributed by atoms with Crippen LogP contribution in [0.4, 0.5) is 0 Å². The van der Waals surface area contributed by atoms with Crippen molar-refractivity contribution in [2.75, 3.05) is 14.1 Å². The van der Waals surface area contributed by atoms with Gasteiger partial charge in [0.05, 0.1) is 10.5 Å². The Labute approximate surface area is 123 Å². The molecule has 0 atom stereocenters. The molecule has 0 bridgehead atoms. The van der Waals surface area contributed by atoms with Crippen molar-refractivity contribution in [1.29, 1.82) is 5.26 Å². The van der Waals surface area contributed by atoms with Gasteiger partial charge in [-0.1, -0.05) is 24.3 Å². The minimum Gasteiger partial charge on any atom is -0.507 e. The minimum atomic E-state index is -3.60. The Morgan fingerprint density at radius 2 is 1.81 bits per heavy atom. The van der Waals surface area contributed by atoms with E-state index in [1.807, 2.05) is 6.07 Å². The van der Waals surface area contributed by atoms with E-state index in [9.17, 15) is 13.5 Å². The summed E-state index contributed by atoms with van der Waals surface area (Å²) in [5.41, 5.74) is 1.15. The van der Waals surface area contributed by atoms with Crippen molar-refractivity contribution >= 4 is 10.0 Å². The lowest BCUT2D eigenvalue weighted by Gasteiger charge is -2.15. The SMILES string of the molecule is CN(C)S(=O)(=O)c1ccccc1-c1ccc(O)c(C#N)c1. The van der Waals surface area contributed by atoms with Gasteiger partial charge in [-0.25, -0.2) is 12.7 Å². The van der Waals surface area contributed by atoms with E-state index in [0.717, 1.165) is 4.31 Å². The van der Waals surface area contributed by atoms with E-state index in [1.165, 1.54) is 32.3 Å². The van der Waals surface area contributed by atoms with E-state index in [4.69, 9.17) is 5.26 Å². The van der Waals surface area contributed by atoms with E-state index in [2.05, 4.69) is 0 Å². The molecule has 0 saturated heterocycles. The summed E-state index contributed by atoms with van der Waals surface area (Å²) in [5.74, 6) is -0.130.